The van der Waals surface area contributed by atoms with E-state index in [1.807, 2.05) is 24.3 Å². The third-order valence-corrected chi connectivity index (χ3v) is 4.77. The minimum Gasteiger partial charge on any atom is -0.261 e. The Kier molecular flexibility index (Phi) is 4.36. The average molecular weight is 331 g/mol. The molecule has 0 saturated carbocycles. The summed E-state index contributed by atoms with van der Waals surface area (Å²) in [5.41, 5.74) is 3.96. The maximum Gasteiger partial charge on any atom is 0.158 e. The summed E-state index contributed by atoms with van der Waals surface area (Å²) in [6.07, 6.45) is 3.29. The fraction of sp³-hybridized carbons (Fsp3) is 0.188. The molecular weight excluding hydrogens is 316 g/mol. The third kappa shape index (κ3) is 3.26. The molecule has 0 saturated heterocycles. The molecule has 0 amide bonds. The van der Waals surface area contributed by atoms with Crippen LogP contribution >= 0.6 is 22.9 Å². The zero-order valence-electron chi connectivity index (χ0n) is 12.2. The van der Waals surface area contributed by atoms with E-state index in [0.29, 0.717) is 10.9 Å². The van der Waals surface area contributed by atoms with E-state index in [0.717, 1.165) is 21.6 Å². The van der Waals surface area contributed by atoms with E-state index in [9.17, 15) is 0 Å². The van der Waals surface area contributed by atoms with Crippen molar-refractivity contribution in [3.63, 3.8) is 0 Å². The highest BCUT2D eigenvalue weighted by Gasteiger charge is 2.10. The molecule has 1 aromatic carbocycles. The highest BCUT2D eigenvalue weighted by atomic mass is 35.5. The SMILES string of the molecule is CC(C)c1cc2c(NN=Cc3ccc(Cl)cc3)ncnc2s1. The van der Waals surface area contributed by atoms with Crippen LogP contribution in [-0.4, -0.2) is 16.2 Å². The smallest absolute Gasteiger partial charge is 0.158 e. The number of nitrogens with one attached hydrogen (secondary N) is 1. The van der Waals surface area contributed by atoms with Crippen molar-refractivity contribution in [2.75, 3.05) is 5.43 Å². The number of thiophene rings is 1. The topological polar surface area (TPSA) is 50.2 Å². The molecule has 2 aromatic heterocycles. The van der Waals surface area contributed by atoms with Crippen molar-refractivity contribution in [3.8, 4) is 0 Å². The van der Waals surface area contributed by atoms with E-state index in [-0.39, 0.29) is 0 Å². The van der Waals surface area contributed by atoms with Crippen LogP contribution in [0, 0.1) is 0 Å². The van der Waals surface area contributed by atoms with Crippen LogP contribution in [0.2, 0.25) is 5.02 Å². The summed E-state index contributed by atoms with van der Waals surface area (Å²) in [6, 6.07) is 9.61. The zero-order chi connectivity index (χ0) is 15.5. The Hall–Kier alpha value is -1.98. The van der Waals surface area contributed by atoms with Crippen molar-refractivity contribution in [2.24, 2.45) is 5.10 Å². The normalized spacial score (nSPS) is 11.6. The molecule has 112 valence electrons. The Balaban J connectivity index is 1.83. The van der Waals surface area contributed by atoms with Crippen LogP contribution in [0.5, 0.6) is 0 Å². The summed E-state index contributed by atoms with van der Waals surface area (Å²) in [4.78, 5) is 10.9. The van der Waals surface area contributed by atoms with Gasteiger partial charge in [-0.05, 0) is 29.7 Å². The summed E-state index contributed by atoms with van der Waals surface area (Å²) < 4.78 is 0. The molecule has 0 bridgehead atoms. The van der Waals surface area contributed by atoms with Gasteiger partial charge < -0.3 is 0 Å². The maximum atomic E-state index is 5.86. The standard InChI is InChI=1S/C16H15ClN4S/c1-10(2)14-7-13-15(18-9-19-16(13)22-14)21-20-8-11-3-5-12(17)6-4-11/h3-10H,1-2H3,(H,18,19,21). The molecule has 1 N–H and O–H groups in total. The third-order valence-electron chi connectivity index (χ3n) is 3.17. The van der Waals surface area contributed by atoms with Crippen LogP contribution in [0.4, 0.5) is 5.82 Å². The van der Waals surface area contributed by atoms with Crippen LogP contribution in [0.25, 0.3) is 10.2 Å². The molecule has 0 aliphatic rings. The first-order valence-corrected chi connectivity index (χ1v) is 8.12. The minimum absolute atomic E-state index is 0.476. The van der Waals surface area contributed by atoms with Gasteiger partial charge in [0.25, 0.3) is 0 Å². The van der Waals surface area contributed by atoms with Gasteiger partial charge in [-0.3, -0.25) is 5.43 Å². The van der Waals surface area contributed by atoms with Gasteiger partial charge in [0.1, 0.15) is 11.2 Å². The second-order valence-electron chi connectivity index (χ2n) is 5.17. The quantitative estimate of drug-likeness (QED) is 0.546. The van der Waals surface area contributed by atoms with Crippen molar-refractivity contribution in [3.05, 3.63) is 52.1 Å². The van der Waals surface area contributed by atoms with Crippen molar-refractivity contribution in [2.45, 2.75) is 19.8 Å². The largest absolute Gasteiger partial charge is 0.261 e. The van der Waals surface area contributed by atoms with Gasteiger partial charge in [-0.1, -0.05) is 37.6 Å². The molecule has 4 nitrogen and oxygen atoms in total. The van der Waals surface area contributed by atoms with E-state index < -0.39 is 0 Å². The lowest BCUT2D eigenvalue weighted by atomic mass is 10.2. The van der Waals surface area contributed by atoms with Crippen molar-refractivity contribution < 1.29 is 0 Å². The van der Waals surface area contributed by atoms with Crippen molar-refractivity contribution >= 4 is 45.2 Å². The predicted octanol–water partition coefficient (Wildman–Crippen LogP) is 4.91. The van der Waals surface area contributed by atoms with E-state index in [2.05, 4.69) is 40.4 Å². The van der Waals surface area contributed by atoms with Gasteiger partial charge in [0, 0.05) is 9.90 Å². The van der Waals surface area contributed by atoms with Gasteiger partial charge in [-0.25, -0.2) is 9.97 Å². The summed E-state index contributed by atoms with van der Waals surface area (Å²) >= 11 is 7.55. The first-order valence-electron chi connectivity index (χ1n) is 6.92. The summed E-state index contributed by atoms with van der Waals surface area (Å²) in [6.45, 7) is 4.34. The molecule has 3 rings (SSSR count). The molecule has 0 aliphatic heterocycles. The molecule has 0 unspecified atom stereocenters. The Morgan fingerprint density at radius 3 is 2.73 bits per heavy atom. The van der Waals surface area contributed by atoms with Crippen molar-refractivity contribution in [1.82, 2.24) is 9.97 Å². The Bertz CT molecular complexity index is 809. The second kappa shape index (κ2) is 6.42. The van der Waals surface area contributed by atoms with Gasteiger partial charge in [-0.15, -0.1) is 11.3 Å². The number of nitrogens with zero attached hydrogens (tertiary/aromatic N) is 3. The summed E-state index contributed by atoms with van der Waals surface area (Å²) in [7, 11) is 0. The number of hydrogen-bond acceptors (Lipinski definition) is 5. The lowest BCUT2D eigenvalue weighted by molar-refractivity contribution is 0.890. The molecule has 22 heavy (non-hydrogen) atoms. The van der Waals surface area contributed by atoms with Crippen molar-refractivity contribution in [1.29, 1.82) is 0 Å². The highest BCUT2D eigenvalue weighted by Crippen LogP contribution is 2.32. The number of hydrazone groups is 1. The molecule has 0 fully saturated rings. The summed E-state index contributed by atoms with van der Waals surface area (Å²) in [5.74, 6) is 1.20. The number of anilines is 1. The monoisotopic (exact) mass is 330 g/mol. The van der Waals surface area contributed by atoms with Gasteiger partial charge in [0.15, 0.2) is 5.82 Å². The Labute approximate surface area is 137 Å². The van der Waals surface area contributed by atoms with Gasteiger partial charge in [0.2, 0.25) is 0 Å². The molecule has 0 radical (unpaired) electrons. The van der Waals surface area contributed by atoms with E-state index >= 15 is 0 Å². The van der Waals surface area contributed by atoms with Crippen LogP contribution in [-0.2, 0) is 0 Å². The predicted molar refractivity (Wildman–Crippen MR) is 94.2 cm³/mol. The van der Waals surface area contributed by atoms with Crippen LogP contribution in [0.3, 0.4) is 0 Å². The first kappa shape index (κ1) is 14.9. The number of aromatic nitrogens is 2. The molecule has 0 spiro atoms. The Morgan fingerprint density at radius 2 is 2.00 bits per heavy atom. The fourth-order valence-electron chi connectivity index (χ4n) is 1.96. The average Bonchev–Trinajstić information content (AvgIpc) is 2.94. The lowest BCUT2D eigenvalue weighted by Crippen LogP contribution is -1.94. The van der Waals surface area contributed by atoms with Gasteiger partial charge in [-0.2, -0.15) is 5.10 Å². The fourth-order valence-corrected chi connectivity index (χ4v) is 3.09. The molecule has 2 heterocycles. The number of rotatable bonds is 4. The number of hydrogen-bond donors (Lipinski definition) is 1. The molecular formula is C16H15ClN4S. The molecule has 6 heteroatoms. The van der Waals surface area contributed by atoms with Crippen LogP contribution in [0.15, 0.2) is 41.8 Å². The van der Waals surface area contributed by atoms with E-state index in [4.69, 9.17) is 11.6 Å². The highest BCUT2D eigenvalue weighted by molar-refractivity contribution is 7.18. The second-order valence-corrected chi connectivity index (χ2v) is 6.66. The number of benzene rings is 1. The Morgan fingerprint density at radius 1 is 1.23 bits per heavy atom. The number of halogens is 1. The van der Waals surface area contributed by atoms with Crippen LogP contribution in [0.1, 0.15) is 30.2 Å². The maximum absolute atomic E-state index is 5.86. The summed E-state index contributed by atoms with van der Waals surface area (Å²) in [5, 5.41) is 5.96. The zero-order valence-corrected chi connectivity index (χ0v) is 13.8. The molecule has 0 atom stereocenters. The van der Waals surface area contributed by atoms with E-state index in [1.54, 1.807) is 23.9 Å². The number of fused-ring (bicyclic) bond motifs is 1. The van der Waals surface area contributed by atoms with Gasteiger partial charge in [0.05, 0.1) is 11.6 Å². The van der Waals surface area contributed by atoms with Crippen LogP contribution < -0.4 is 5.43 Å². The minimum atomic E-state index is 0.476. The first-order chi connectivity index (χ1) is 10.6. The molecule has 0 aliphatic carbocycles. The molecule has 3 aromatic rings. The lowest BCUT2D eigenvalue weighted by Gasteiger charge is -2.00. The van der Waals surface area contributed by atoms with Gasteiger partial charge >= 0.3 is 0 Å². The van der Waals surface area contributed by atoms with E-state index in [1.165, 1.54) is 4.88 Å².